The highest BCUT2D eigenvalue weighted by atomic mass is 35.5. The minimum Gasteiger partial charge on any atom is -0.382 e. The SMILES string of the molecule is FC(F)(F)c1cc(Cl)cc(NC2CCCCC2)c1. The molecule has 1 nitrogen and oxygen atoms in total. The highest BCUT2D eigenvalue weighted by molar-refractivity contribution is 6.30. The Morgan fingerprint density at radius 3 is 2.33 bits per heavy atom. The van der Waals surface area contributed by atoms with E-state index in [0.717, 1.165) is 37.8 Å². The Bertz CT molecular complexity index is 411. The van der Waals surface area contributed by atoms with Crippen molar-refractivity contribution in [1.82, 2.24) is 0 Å². The number of anilines is 1. The molecule has 0 heterocycles. The van der Waals surface area contributed by atoms with Crippen LogP contribution in [0.2, 0.25) is 5.02 Å². The molecule has 0 spiro atoms. The lowest BCUT2D eigenvalue weighted by molar-refractivity contribution is -0.137. The molecule has 1 aliphatic rings. The second kappa shape index (κ2) is 5.39. The zero-order valence-corrected chi connectivity index (χ0v) is 10.6. The molecule has 1 aromatic carbocycles. The van der Waals surface area contributed by atoms with E-state index < -0.39 is 11.7 Å². The zero-order valence-electron chi connectivity index (χ0n) is 9.86. The molecule has 0 bridgehead atoms. The van der Waals surface area contributed by atoms with E-state index in [2.05, 4.69) is 5.32 Å². The van der Waals surface area contributed by atoms with Crippen LogP contribution < -0.4 is 5.32 Å². The summed E-state index contributed by atoms with van der Waals surface area (Å²) >= 11 is 5.73. The Kier molecular flexibility index (Phi) is 4.05. The maximum atomic E-state index is 12.6. The molecule has 5 heteroatoms. The lowest BCUT2D eigenvalue weighted by Gasteiger charge is -2.24. The first kappa shape index (κ1) is 13.5. The van der Waals surface area contributed by atoms with Crippen LogP contribution in [0.4, 0.5) is 18.9 Å². The molecule has 0 amide bonds. The van der Waals surface area contributed by atoms with E-state index in [4.69, 9.17) is 11.6 Å². The lowest BCUT2D eigenvalue weighted by atomic mass is 9.95. The Morgan fingerprint density at radius 2 is 1.72 bits per heavy atom. The Hall–Kier alpha value is -0.900. The second-order valence-corrected chi connectivity index (χ2v) is 5.14. The maximum Gasteiger partial charge on any atom is 0.416 e. The summed E-state index contributed by atoms with van der Waals surface area (Å²) in [7, 11) is 0. The van der Waals surface area contributed by atoms with Crippen LogP contribution >= 0.6 is 11.6 Å². The van der Waals surface area contributed by atoms with Crippen molar-refractivity contribution in [2.75, 3.05) is 5.32 Å². The van der Waals surface area contributed by atoms with Crippen molar-refractivity contribution in [2.24, 2.45) is 0 Å². The number of nitrogens with one attached hydrogen (secondary N) is 1. The van der Waals surface area contributed by atoms with Crippen molar-refractivity contribution in [2.45, 2.75) is 44.3 Å². The van der Waals surface area contributed by atoms with Gasteiger partial charge >= 0.3 is 6.18 Å². The van der Waals surface area contributed by atoms with Crippen LogP contribution in [-0.2, 0) is 6.18 Å². The molecule has 0 atom stereocenters. The fourth-order valence-electron chi connectivity index (χ4n) is 2.32. The summed E-state index contributed by atoms with van der Waals surface area (Å²) < 4.78 is 37.9. The van der Waals surface area contributed by atoms with Gasteiger partial charge in [-0.2, -0.15) is 13.2 Å². The zero-order chi connectivity index (χ0) is 13.2. The summed E-state index contributed by atoms with van der Waals surface area (Å²) in [6.07, 6.45) is 1.13. The quantitative estimate of drug-likeness (QED) is 0.793. The standard InChI is InChI=1S/C13H15ClF3N/c14-10-6-9(13(15,16)17)7-12(8-10)18-11-4-2-1-3-5-11/h6-8,11,18H,1-5H2. The van der Waals surface area contributed by atoms with Gasteiger partial charge in [0.25, 0.3) is 0 Å². The molecule has 100 valence electrons. The molecule has 2 rings (SSSR count). The Balaban J connectivity index is 2.14. The predicted octanol–water partition coefficient (Wildman–Crippen LogP) is 5.10. The van der Waals surface area contributed by atoms with Crippen LogP contribution in [0.15, 0.2) is 18.2 Å². The molecule has 0 radical (unpaired) electrons. The third-order valence-electron chi connectivity index (χ3n) is 3.20. The van der Waals surface area contributed by atoms with Crippen molar-refractivity contribution in [3.8, 4) is 0 Å². The molecule has 1 fully saturated rings. The van der Waals surface area contributed by atoms with Gasteiger partial charge in [0.05, 0.1) is 5.56 Å². The summed E-state index contributed by atoms with van der Waals surface area (Å²) in [6, 6.07) is 3.89. The van der Waals surface area contributed by atoms with Gasteiger partial charge in [-0.25, -0.2) is 0 Å². The fraction of sp³-hybridized carbons (Fsp3) is 0.538. The molecule has 1 N–H and O–H groups in total. The molecule has 1 aromatic rings. The average molecular weight is 278 g/mol. The molecule has 18 heavy (non-hydrogen) atoms. The first-order chi connectivity index (χ1) is 8.45. The third-order valence-corrected chi connectivity index (χ3v) is 3.42. The minimum atomic E-state index is -4.35. The molecular formula is C13H15ClF3N. The third kappa shape index (κ3) is 3.55. The molecule has 0 aromatic heterocycles. The van der Waals surface area contributed by atoms with Gasteiger partial charge in [0.1, 0.15) is 0 Å². The van der Waals surface area contributed by atoms with Crippen LogP contribution in [0.3, 0.4) is 0 Å². The number of benzene rings is 1. The van der Waals surface area contributed by atoms with Crippen molar-refractivity contribution in [1.29, 1.82) is 0 Å². The Labute approximate surface area is 109 Å². The summed E-state index contributed by atoms with van der Waals surface area (Å²) in [4.78, 5) is 0. The van der Waals surface area contributed by atoms with Gasteiger partial charge in [0, 0.05) is 16.8 Å². The van der Waals surface area contributed by atoms with Gasteiger partial charge in [0.15, 0.2) is 0 Å². The number of halogens is 4. The highest BCUT2D eigenvalue weighted by Crippen LogP contribution is 2.34. The van der Waals surface area contributed by atoms with Gasteiger partial charge in [-0.1, -0.05) is 30.9 Å². The molecule has 1 aliphatic carbocycles. The number of hydrogen-bond donors (Lipinski definition) is 1. The summed E-state index contributed by atoms with van der Waals surface area (Å²) in [6.45, 7) is 0. The molecule has 0 aliphatic heterocycles. The van der Waals surface area contributed by atoms with Crippen molar-refractivity contribution < 1.29 is 13.2 Å². The molecule has 0 saturated heterocycles. The number of alkyl halides is 3. The van der Waals surface area contributed by atoms with Gasteiger partial charge in [-0.15, -0.1) is 0 Å². The van der Waals surface area contributed by atoms with E-state index in [1.807, 2.05) is 0 Å². The predicted molar refractivity (Wildman–Crippen MR) is 66.9 cm³/mol. The van der Waals surface area contributed by atoms with Crippen molar-refractivity contribution in [3.05, 3.63) is 28.8 Å². The highest BCUT2D eigenvalue weighted by Gasteiger charge is 2.31. The summed E-state index contributed by atoms with van der Waals surface area (Å²) in [5.41, 5.74) is -0.241. The largest absolute Gasteiger partial charge is 0.416 e. The van der Waals surface area contributed by atoms with Gasteiger partial charge in [-0.05, 0) is 31.0 Å². The minimum absolute atomic E-state index is 0.114. The molecule has 0 unspecified atom stereocenters. The topological polar surface area (TPSA) is 12.0 Å². The first-order valence-corrected chi connectivity index (χ1v) is 6.47. The van der Waals surface area contributed by atoms with Crippen LogP contribution in [0.5, 0.6) is 0 Å². The Morgan fingerprint density at radius 1 is 1.06 bits per heavy atom. The van der Waals surface area contributed by atoms with Gasteiger partial charge < -0.3 is 5.32 Å². The molecular weight excluding hydrogens is 263 g/mol. The van der Waals surface area contributed by atoms with E-state index in [1.165, 1.54) is 6.42 Å². The second-order valence-electron chi connectivity index (χ2n) is 4.71. The lowest BCUT2D eigenvalue weighted by Crippen LogP contribution is -2.22. The van der Waals surface area contributed by atoms with E-state index in [1.54, 1.807) is 6.07 Å². The number of hydrogen-bond acceptors (Lipinski definition) is 1. The summed E-state index contributed by atoms with van der Waals surface area (Å²) in [5, 5.41) is 3.26. The average Bonchev–Trinajstić information content (AvgIpc) is 2.28. The van der Waals surface area contributed by atoms with Crippen molar-refractivity contribution in [3.63, 3.8) is 0 Å². The van der Waals surface area contributed by atoms with E-state index in [0.29, 0.717) is 5.69 Å². The van der Waals surface area contributed by atoms with Crippen LogP contribution in [0.25, 0.3) is 0 Å². The van der Waals surface area contributed by atoms with E-state index in [9.17, 15) is 13.2 Å². The van der Waals surface area contributed by atoms with Gasteiger partial charge in [0.2, 0.25) is 0 Å². The van der Waals surface area contributed by atoms with E-state index >= 15 is 0 Å². The maximum absolute atomic E-state index is 12.6. The van der Waals surface area contributed by atoms with Gasteiger partial charge in [-0.3, -0.25) is 0 Å². The van der Waals surface area contributed by atoms with Crippen LogP contribution in [0, 0.1) is 0 Å². The smallest absolute Gasteiger partial charge is 0.382 e. The van der Waals surface area contributed by atoms with Crippen molar-refractivity contribution >= 4 is 17.3 Å². The summed E-state index contributed by atoms with van der Waals surface area (Å²) in [5.74, 6) is 0. The normalized spacial score (nSPS) is 17.8. The van der Waals surface area contributed by atoms with E-state index in [-0.39, 0.29) is 11.1 Å². The monoisotopic (exact) mass is 277 g/mol. The molecule has 1 saturated carbocycles. The fourth-order valence-corrected chi connectivity index (χ4v) is 2.55. The number of rotatable bonds is 2. The van der Waals surface area contributed by atoms with Crippen LogP contribution in [0.1, 0.15) is 37.7 Å². The van der Waals surface area contributed by atoms with Crippen LogP contribution in [-0.4, -0.2) is 6.04 Å². The first-order valence-electron chi connectivity index (χ1n) is 6.09.